The molecule has 0 radical (unpaired) electrons. The fraction of sp³-hybridized carbons (Fsp3) is 0.500. The van der Waals surface area contributed by atoms with Gasteiger partial charge in [-0.2, -0.15) is 0 Å². The van der Waals surface area contributed by atoms with E-state index in [-0.39, 0.29) is 24.6 Å². The zero-order valence-corrected chi connectivity index (χ0v) is 13.2. The molecule has 1 saturated heterocycles. The maximum atomic E-state index is 14.3. The van der Waals surface area contributed by atoms with Gasteiger partial charge in [0.05, 0.1) is 13.2 Å². The molecule has 0 aromatic heterocycles. The zero-order chi connectivity index (χ0) is 16.3. The molecule has 2 aliphatic rings. The van der Waals surface area contributed by atoms with Crippen LogP contribution in [-0.2, 0) is 20.1 Å². The monoisotopic (exact) mass is 327 g/mol. The van der Waals surface area contributed by atoms with Gasteiger partial charge in [0.25, 0.3) is 0 Å². The van der Waals surface area contributed by atoms with Crippen molar-refractivity contribution >= 4 is 21.4 Å². The van der Waals surface area contributed by atoms with Crippen molar-refractivity contribution in [1.82, 2.24) is 0 Å². The van der Waals surface area contributed by atoms with Crippen LogP contribution in [0.15, 0.2) is 23.2 Å². The Morgan fingerprint density at radius 3 is 2.73 bits per heavy atom. The molecule has 0 aliphatic carbocycles. The Labute approximate surface area is 128 Å². The third-order valence-corrected chi connectivity index (χ3v) is 7.63. The van der Waals surface area contributed by atoms with Crippen LogP contribution in [0.2, 0.25) is 0 Å². The summed E-state index contributed by atoms with van der Waals surface area (Å²) in [6.45, 7) is 2.94. The van der Waals surface area contributed by atoms with Crippen molar-refractivity contribution in [3.63, 3.8) is 0 Å². The Morgan fingerprint density at radius 2 is 2.05 bits per heavy atom. The van der Waals surface area contributed by atoms with E-state index in [9.17, 15) is 12.8 Å². The standard InChI is InChI=1S/C14H18FN3O3S/c1-13-7-21-6-11(22(13,19)20)14(2,18-12(13)17)9-5-8(16)3-4-10(9)15/h3-5,11H,6-7,16H2,1-2H3,(H2,17,18)/t11-,13+,14-/m1/s1. The molecule has 22 heavy (non-hydrogen) atoms. The Bertz CT molecular complexity index is 780. The molecule has 1 aromatic carbocycles. The lowest BCUT2D eigenvalue weighted by atomic mass is 9.87. The Balaban J connectivity index is 2.31. The Morgan fingerprint density at radius 1 is 1.36 bits per heavy atom. The molecule has 3 rings (SSSR count). The summed E-state index contributed by atoms with van der Waals surface area (Å²) in [5, 5.41) is -1.01. The summed E-state index contributed by atoms with van der Waals surface area (Å²) in [6, 6.07) is 4.01. The fourth-order valence-corrected chi connectivity index (χ4v) is 5.41. The average molecular weight is 327 g/mol. The second-order valence-corrected chi connectivity index (χ2v) is 8.72. The van der Waals surface area contributed by atoms with Crippen molar-refractivity contribution in [1.29, 1.82) is 0 Å². The zero-order valence-electron chi connectivity index (χ0n) is 12.3. The molecule has 4 N–H and O–H groups in total. The van der Waals surface area contributed by atoms with Gasteiger partial charge in [-0.25, -0.2) is 12.8 Å². The van der Waals surface area contributed by atoms with Crippen molar-refractivity contribution in [2.75, 3.05) is 18.9 Å². The highest BCUT2D eigenvalue weighted by atomic mass is 32.2. The molecule has 2 heterocycles. The van der Waals surface area contributed by atoms with E-state index in [0.717, 1.165) is 0 Å². The first-order valence-electron chi connectivity index (χ1n) is 6.85. The first kappa shape index (κ1) is 15.2. The fourth-order valence-electron chi connectivity index (χ4n) is 3.14. The van der Waals surface area contributed by atoms with Crippen molar-refractivity contribution < 1.29 is 17.5 Å². The predicted octanol–water partition coefficient (Wildman–Crippen LogP) is 0.566. The molecule has 2 aliphatic heterocycles. The van der Waals surface area contributed by atoms with Crippen molar-refractivity contribution in [2.24, 2.45) is 10.7 Å². The van der Waals surface area contributed by atoms with Crippen molar-refractivity contribution in [3.8, 4) is 0 Å². The Kier molecular flexibility index (Phi) is 3.06. The van der Waals surface area contributed by atoms with Gasteiger partial charge in [-0.15, -0.1) is 0 Å². The lowest BCUT2D eigenvalue weighted by Crippen LogP contribution is -2.67. The third-order valence-electron chi connectivity index (χ3n) is 4.71. The van der Waals surface area contributed by atoms with E-state index in [0.29, 0.717) is 5.69 Å². The first-order chi connectivity index (χ1) is 10.1. The van der Waals surface area contributed by atoms with Crippen LogP contribution in [0, 0.1) is 5.82 Å². The summed E-state index contributed by atoms with van der Waals surface area (Å²) in [5.41, 5.74) is 10.7. The van der Waals surface area contributed by atoms with Crippen LogP contribution in [0.1, 0.15) is 19.4 Å². The van der Waals surface area contributed by atoms with Crippen molar-refractivity contribution in [2.45, 2.75) is 29.4 Å². The van der Waals surface area contributed by atoms with E-state index in [1.54, 1.807) is 6.92 Å². The number of sulfone groups is 1. The van der Waals surface area contributed by atoms with Gasteiger partial charge in [-0.3, -0.25) is 4.99 Å². The molecule has 0 amide bonds. The molecular weight excluding hydrogens is 309 g/mol. The number of amidine groups is 1. The summed E-state index contributed by atoms with van der Waals surface area (Å²) in [5.74, 6) is -0.634. The van der Waals surface area contributed by atoms with E-state index in [2.05, 4.69) is 4.99 Å². The Hall–Kier alpha value is -1.67. The van der Waals surface area contributed by atoms with Crippen LogP contribution in [0.5, 0.6) is 0 Å². The van der Waals surface area contributed by atoms with Crippen LogP contribution in [0.3, 0.4) is 0 Å². The summed E-state index contributed by atoms with van der Waals surface area (Å²) >= 11 is 0. The molecular formula is C14H18FN3O3S. The maximum Gasteiger partial charge on any atom is 0.173 e. The van der Waals surface area contributed by atoms with Gasteiger partial charge in [-0.1, -0.05) is 0 Å². The number of nitrogen functional groups attached to an aromatic ring is 1. The van der Waals surface area contributed by atoms with E-state index < -0.39 is 31.2 Å². The molecule has 0 spiro atoms. The number of halogens is 1. The predicted molar refractivity (Wildman–Crippen MR) is 81.7 cm³/mol. The lowest BCUT2D eigenvalue weighted by Gasteiger charge is -2.48. The molecule has 6 nitrogen and oxygen atoms in total. The van der Waals surface area contributed by atoms with E-state index in [1.807, 2.05) is 0 Å². The largest absolute Gasteiger partial charge is 0.399 e. The lowest BCUT2D eigenvalue weighted by molar-refractivity contribution is 0.0896. The van der Waals surface area contributed by atoms with Gasteiger partial charge in [0, 0.05) is 11.3 Å². The van der Waals surface area contributed by atoms with Gasteiger partial charge in [0.2, 0.25) is 0 Å². The average Bonchev–Trinajstić information content (AvgIpc) is 2.42. The van der Waals surface area contributed by atoms with Gasteiger partial charge >= 0.3 is 0 Å². The van der Waals surface area contributed by atoms with Crippen LogP contribution >= 0.6 is 0 Å². The van der Waals surface area contributed by atoms with Crippen LogP contribution in [0.4, 0.5) is 10.1 Å². The van der Waals surface area contributed by atoms with E-state index in [4.69, 9.17) is 16.2 Å². The second kappa shape index (κ2) is 4.42. The van der Waals surface area contributed by atoms with E-state index >= 15 is 0 Å². The summed E-state index contributed by atoms with van der Waals surface area (Å²) < 4.78 is 44.2. The molecule has 0 unspecified atom stereocenters. The first-order valence-corrected chi connectivity index (χ1v) is 8.40. The highest BCUT2D eigenvalue weighted by Gasteiger charge is 2.61. The minimum atomic E-state index is -3.69. The maximum absolute atomic E-state index is 14.3. The summed E-state index contributed by atoms with van der Waals surface area (Å²) in [6.07, 6.45) is 0. The van der Waals surface area contributed by atoms with Gasteiger partial charge in [0.15, 0.2) is 9.84 Å². The number of benzene rings is 1. The number of hydrogen-bond donors (Lipinski definition) is 2. The molecule has 0 saturated carbocycles. The van der Waals surface area contributed by atoms with Crippen LogP contribution in [-0.4, -0.2) is 37.5 Å². The highest BCUT2D eigenvalue weighted by Crippen LogP contribution is 2.45. The van der Waals surface area contributed by atoms with Crippen molar-refractivity contribution in [3.05, 3.63) is 29.6 Å². The van der Waals surface area contributed by atoms with Crippen LogP contribution < -0.4 is 11.5 Å². The smallest absolute Gasteiger partial charge is 0.173 e. The van der Waals surface area contributed by atoms with Crippen LogP contribution in [0.25, 0.3) is 0 Å². The molecule has 8 heteroatoms. The number of aliphatic imine (C=N–C) groups is 1. The molecule has 3 atom stereocenters. The number of fused-ring (bicyclic) bond motifs is 2. The topological polar surface area (TPSA) is 108 Å². The van der Waals surface area contributed by atoms with Gasteiger partial charge in [-0.05, 0) is 32.0 Å². The third kappa shape index (κ3) is 1.73. The van der Waals surface area contributed by atoms with Gasteiger partial charge in [0.1, 0.15) is 27.2 Å². The quantitative estimate of drug-likeness (QED) is 0.733. The van der Waals surface area contributed by atoms with E-state index in [1.165, 1.54) is 25.1 Å². The minimum absolute atomic E-state index is 0.0450. The normalized spacial score (nSPS) is 36.7. The number of rotatable bonds is 1. The number of nitrogens with two attached hydrogens (primary N) is 2. The molecule has 1 fully saturated rings. The highest BCUT2D eigenvalue weighted by molar-refractivity contribution is 7.94. The SMILES string of the molecule is C[C@]12COC[C@H]([C@@](C)(c3cc(N)ccc3F)N=C1N)S2(=O)=O. The number of anilines is 1. The summed E-state index contributed by atoms with van der Waals surface area (Å²) in [4.78, 5) is 4.38. The number of hydrogen-bond acceptors (Lipinski definition) is 6. The van der Waals surface area contributed by atoms with Gasteiger partial charge < -0.3 is 16.2 Å². The molecule has 2 bridgehead atoms. The molecule has 1 aromatic rings. The molecule has 120 valence electrons. The number of nitrogens with zero attached hydrogens (tertiary/aromatic N) is 1. The minimum Gasteiger partial charge on any atom is -0.399 e. The number of ether oxygens (including phenoxy) is 1. The second-order valence-electron chi connectivity index (χ2n) is 6.16. The summed E-state index contributed by atoms with van der Waals surface area (Å²) in [7, 11) is -3.69.